The SMILES string of the molecule is CC(C)(CO)C(=O)N1CCC(Nc2cc(-c3ccc(F)c(C#N)c3)cc3c2=CNCC=3)CC1. The Hall–Kier alpha value is -3.37. The third-order valence-electron chi connectivity index (χ3n) is 6.43. The predicted octanol–water partition coefficient (Wildman–Crippen LogP) is 1.91. The van der Waals surface area contributed by atoms with Crippen molar-refractivity contribution in [2.24, 2.45) is 5.41 Å². The van der Waals surface area contributed by atoms with Gasteiger partial charge in [-0.3, -0.25) is 4.79 Å². The molecular formula is C26H29FN4O2. The molecule has 4 rings (SSSR count). The molecule has 2 aromatic carbocycles. The van der Waals surface area contributed by atoms with Gasteiger partial charge in [0.25, 0.3) is 0 Å². The number of carbonyl (C=O) groups is 1. The maximum Gasteiger partial charge on any atom is 0.230 e. The fraction of sp³-hybridized carbons (Fsp3) is 0.385. The van der Waals surface area contributed by atoms with E-state index in [0.29, 0.717) is 13.1 Å². The largest absolute Gasteiger partial charge is 0.395 e. The Morgan fingerprint density at radius 2 is 2.03 bits per heavy atom. The summed E-state index contributed by atoms with van der Waals surface area (Å²) in [5, 5.41) is 27.8. The first-order valence-corrected chi connectivity index (χ1v) is 11.3. The minimum atomic E-state index is -0.762. The molecule has 7 heteroatoms. The first-order valence-electron chi connectivity index (χ1n) is 11.3. The first-order chi connectivity index (χ1) is 15.8. The lowest BCUT2D eigenvalue weighted by Gasteiger charge is -2.37. The van der Waals surface area contributed by atoms with Crippen LogP contribution in [0.3, 0.4) is 0 Å². The van der Waals surface area contributed by atoms with Crippen LogP contribution in [0.4, 0.5) is 10.1 Å². The molecule has 6 nitrogen and oxygen atoms in total. The number of nitrogens with zero attached hydrogens (tertiary/aromatic N) is 2. The Morgan fingerprint density at radius 3 is 2.73 bits per heavy atom. The molecule has 0 saturated carbocycles. The highest BCUT2D eigenvalue weighted by Gasteiger charge is 2.33. The molecule has 0 bridgehead atoms. The second kappa shape index (κ2) is 9.24. The van der Waals surface area contributed by atoms with Crippen molar-refractivity contribution in [3.05, 3.63) is 52.1 Å². The topological polar surface area (TPSA) is 88.4 Å². The van der Waals surface area contributed by atoms with Gasteiger partial charge in [0.15, 0.2) is 0 Å². The molecule has 0 atom stereocenters. The van der Waals surface area contributed by atoms with Gasteiger partial charge in [0.1, 0.15) is 11.9 Å². The number of nitrogens with one attached hydrogen (secondary N) is 2. The Balaban J connectivity index is 1.59. The number of piperidine rings is 1. The van der Waals surface area contributed by atoms with Crippen molar-refractivity contribution in [1.82, 2.24) is 10.2 Å². The summed E-state index contributed by atoms with van der Waals surface area (Å²) in [5.41, 5.74) is 1.93. The lowest BCUT2D eigenvalue weighted by atomic mass is 9.91. The average molecular weight is 449 g/mol. The third-order valence-corrected chi connectivity index (χ3v) is 6.43. The van der Waals surface area contributed by atoms with Crippen LogP contribution in [0.5, 0.6) is 0 Å². The molecule has 2 aliphatic rings. The van der Waals surface area contributed by atoms with E-state index in [9.17, 15) is 19.6 Å². The van der Waals surface area contributed by atoms with Gasteiger partial charge in [-0.1, -0.05) is 12.1 Å². The number of nitriles is 1. The highest BCUT2D eigenvalue weighted by Crippen LogP contribution is 2.25. The number of hydrogen-bond donors (Lipinski definition) is 3. The lowest BCUT2D eigenvalue weighted by Crippen LogP contribution is -2.49. The van der Waals surface area contributed by atoms with Crippen LogP contribution in [0.1, 0.15) is 32.3 Å². The number of likely N-dealkylation sites (tertiary alicyclic amines) is 1. The van der Waals surface area contributed by atoms with Crippen LogP contribution in [-0.2, 0) is 4.79 Å². The van der Waals surface area contributed by atoms with Gasteiger partial charge in [-0.05, 0) is 67.3 Å². The van der Waals surface area contributed by atoms with Crippen LogP contribution in [0.25, 0.3) is 23.4 Å². The number of carbonyl (C=O) groups excluding carboxylic acids is 1. The zero-order valence-electron chi connectivity index (χ0n) is 19.0. The smallest absolute Gasteiger partial charge is 0.230 e. The molecule has 0 aromatic heterocycles. The van der Waals surface area contributed by atoms with Crippen molar-refractivity contribution in [2.45, 2.75) is 32.7 Å². The number of amides is 1. The zero-order chi connectivity index (χ0) is 23.6. The maximum absolute atomic E-state index is 13.8. The molecule has 0 spiro atoms. The molecule has 2 aromatic rings. The molecule has 33 heavy (non-hydrogen) atoms. The van der Waals surface area contributed by atoms with Gasteiger partial charge < -0.3 is 20.6 Å². The van der Waals surface area contributed by atoms with Crippen LogP contribution in [-0.4, -0.2) is 48.2 Å². The molecule has 1 amide bonds. The predicted molar refractivity (Wildman–Crippen MR) is 127 cm³/mol. The number of hydrogen-bond acceptors (Lipinski definition) is 5. The van der Waals surface area contributed by atoms with E-state index >= 15 is 0 Å². The summed E-state index contributed by atoms with van der Waals surface area (Å²) in [4.78, 5) is 14.5. The molecule has 172 valence electrons. The molecule has 2 heterocycles. The van der Waals surface area contributed by atoms with Gasteiger partial charge in [0, 0.05) is 42.8 Å². The Bertz CT molecular complexity index is 1220. The summed E-state index contributed by atoms with van der Waals surface area (Å²) in [6, 6.07) is 10.8. The second-order valence-electron chi connectivity index (χ2n) is 9.34. The number of benzene rings is 2. The molecule has 2 aliphatic heterocycles. The van der Waals surface area contributed by atoms with E-state index in [1.807, 2.05) is 23.2 Å². The van der Waals surface area contributed by atoms with E-state index in [1.54, 1.807) is 26.0 Å². The summed E-state index contributed by atoms with van der Waals surface area (Å²) in [6.45, 7) is 5.37. The van der Waals surface area contributed by atoms with Crippen LogP contribution in [0.2, 0.25) is 0 Å². The van der Waals surface area contributed by atoms with Crippen molar-refractivity contribution in [3.63, 3.8) is 0 Å². The maximum atomic E-state index is 13.8. The minimum Gasteiger partial charge on any atom is -0.395 e. The van der Waals surface area contributed by atoms with Crippen molar-refractivity contribution < 1.29 is 14.3 Å². The first kappa shape index (κ1) is 22.8. The van der Waals surface area contributed by atoms with E-state index in [2.05, 4.69) is 22.8 Å². The minimum absolute atomic E-state index is 0.0143. The van der Waals surface area contributed by atoms with Crippen LogP contribution in [0, 0.1) is 22.6 Å². The molecule has 0 radical (unpaired) electrons. The molecule has 1 fully saturated rings. The zero-order valence-corrected chi connectivity index (χ0v) is 19.0. The van der Waals surface area contributed by atoms with Crippen molar-refractivity contribution in [3.8, 4) is 17.2 Å². The number of aliphatic hydroxyl groups excluding tert-OH is 1. The second-order valence-corrected chi connectivity index (χ2v) is 9.34. The number of aliphatic hydroxyl groups is 1. The van der Waals surface area contributed by atoms with Crippen LogP contribution >= 0.6 is 0 Å². The van der Waals surface area contributed by atoms with Crippen molar-refractivity contribution in [2.75, 3.05) is 31.6 Å². The highest BCUT2D eigenvalue weighted by atomic mass is 19.1. The molecule has 1 saturated heterocycles. The quantitative estimate of drug-likeness (QED) is 0.650. The molecular weight excluding hydrogens is 419 g/mol. The molecule has 3 N–H and O–H groups in total. The number of fused-ring (bicyclic) bond motifs is 1. The summed E-state index contributed by atoms with van der Waals surface area (Å²) in [6.07, 6.45) is 5.71. The molecule has 0 unspecified atom stereocenters. The van der Waals surface area contributed by atoms with E-state index < -0.39 is 11.2 Å². The van der Waals surface area contributed by atoms with E-state index in [4.69, 9.17) is 0 Å². The van der Waals surface area contributed by atoms with Gasteiger partial charge in [-0.2, -0.15) is 5.26 Å². The van der Waals surface area contributed by atoms with Gasteiger partial charge in [0.05, 0.1) is 17.6 Å². The Labute approximate surface area is 193 Å². The van der Waals surface area contributed by atoms with Crippen LogP contribution < -0.4 is 21.1 Å². The number of halogens is 1. The van der Waals surface area contributed by atoms with Crippen LogP contribution in [0.15, 0.2) is 30.3 Å². The molecule has 0 aliphatic carbocycles. The Morgan fingerprint density at radius 1 is 1.27 bits per heavy atom. The van der Waals surface area contributed by atoms with Gasteiger partial charge in [-0.15, -0.1) is 0 Å². The summed E-state index contributed by atoms with van der Waals surface area (Å²) in [5.74, 6) is -0.535. The van der Waals surface area contributed by atoms with Gasteiger partial charge in [0.2, 0.25) is 5.91 Å². The Kier molecular flexibility index (Phi) is 6.39. The number of rotatable bonds is 5. The van der Waals surface area contributed by atoms with Gasteiger partial charge >= 0.3 is 0 Å². The monoisotopic (exact) mass is 448 g/mol. The fourth-order valence-corrected chi connectivity index (χ4v) is 4.35. The fourth-order valence-electron chi connectivity index (χ4n) is 4.35. The van der Waals surface area contributed by atoms with E-state index in [0.717, 1.165) is 46.6 Å². The summed E-state index contributed by atoms with van der Waals surface area (Å²) in [7, 11) is 0. The highest BCUT2D eigenvalue weighted by molar-refractivity contribution is 5.82. The summed E-state index contributed by atoms with van der Waals surface area (Å²) < 4.78 is 13.8. The summed E-state index contributed by atoms with van der Waals surface area (Å²) >= 11 is 0. The van der Waals surface area contributed by atoms with Gasteiger partial charge in [-0.25, -0.2) is 4.39 Å². The van der Waals surface area contributed by atoms with Crippen molar-refractivity contribution in [1.29, 1.82) is 5.26 Å². The standard InChI is InChI=1S/C26H29FN4O2/c1-26(2,16-32)25(33)31-9-6-21(7-10-31)30-24-13-19(12-18-5-8-29-15-22(18)24)17-3-4-23(27)20(11-17)14-28/h3-5,11-13,15,21,29-30,32H,6-10,16H2,1-2H3. The van der Waals surface area contributed by atoms with E-state index in [-0.39, 0.29) is 24.1 Å². The lowest BCUT2D eigenvalue weighted by molar-refractivity contribution is -0.143. The van der Waals surface area contributed by atoms with Crippen molar-refractivity contribution >= 4 is 23.9 Å². The normalized spacial score (nSPS) is 16.0. The number of anilines is 1. The third kappa shape index (κ3) is 4.71. The van der Waals surface area contributed by atoms with E-state index in [1.165, 1.54) is 6.07 Å². The average Bonchev–Trinajstić information content (AvgIpc) is 2.84.